The lowest BCUT2D eigenvalue weighted by Crippen LogP contribution is -2.71. The molecule has 0 aromatic carbocycles. The molecular weight excluding hydrogens is 613 g/mol. The van der Waals surface area contributed by atoms with E-state index >= 15 is 0 Å². The van der Waals surface area contributed by atoms with Gasteiger partial charge in [0.25, 0.3) is 11.8 Å². The number of carboxylic acid groups (broad SMARTS) is 2. The first-order valence-corrected chi connectivity index (χ1v) is 14.9. The van der Waals surface area contributed by atoms with Gasteiger partial charge < -0.3 is 48.1 Å². The Morgan fingerprint density at radius 1 is 1.33 bits per heavy atom. The van der Waals surface area contributed by atoms with Crippen LogP contribution in [-0.4, -0.2) is 78.5 Å². The third-order valence-electron chi connectivity index (χ3n) is 6.08. The molecule has 4 rings (SSSR count). The van der Waals surface area contributed by atoms with Gasteiger partial charge in [0.1, 0.15) is 23.2 Å². The molecule has 2 amide bonds. The lowest BCUT2D eigenvalue weighted by Gasteiger charge is -2.50. The van der Waals surface area contributed by atoms with Crippen LogP contribution in [0.3, 0.4) is 0 Å². The smallest absolute Gasteiger partial charge is 0.307 e. The number of carboxylic acids is 2. The van der Waals surface area contributed by atoms with Gasteiger partial charge in [0.15, 0.2) is 16.5 Å². The van der Waals surface area contributed by atoms with Gasteiger partial charge in [-0.3, -0.25) is 19.3 Å². The fourth-order valence-corrected chi connectivity index (χ4v) is 6.97. The summed E-state index contributed by atoms with van der Waals surface area (Å²) in [6.45, 7) is 1.45. The molecule has 2 unspecified atom stereocenters. The number of thiazole rings is 1. The molecule has 2 aliphatic rings. The normalized spacial score (nSPS) is 19.1. The van der Waals surface area contributed by atoms with Crippen molar-refractivity contribution < 1.29 is 38.8 Å². The standard InChI is InChI=1S/C22H26N10O7S3/c1-7(3-10(33)34)39-30-12(9-6-41-21(26)27-9)17(35)28-13-18(36)32-14(20(37)38)8(4-40-19(13)32)5-42-22-29-15(24)11(23)16(25)31(22)2/h6-7,13,19H,3-5H2,1-2H3,(H10,23,24,25,26,27,28,30,33,34,35,37,38)/t7?,13?,19-/m1/s1. The number of oxime groups is 1. The molecule has 2 aromatic heterocycles. The number of hydrogen-bond acceptors (Lipinski definition) is 16. The average molecular weight is 639 g/mol. The maximum atomic E-state index is 13.2. The predicted molar refractivity (Wildman–Crippen MR) is 152 cm³/mol. The van der Waals surface area contributed by atoms with Gasteiger partial charge in [-0.2, -0.15) is 0 Å². The Morgan fingerprint density at radius 2 is 2.05 bits per heavy atom. The first-order chi connectivity index (χ1) is 19.8. The number of thioether (sulfide) groups is 2. The second-order valence-electron chi connectivity index (χ2n) is 9.05. The van der Waals surface area contributed by atoms with Gasteiger partial charge in [0.05, 0.1) is 25.1 Å². The zero-order valence-electron chi connectivity index (χ0n) is 22.1. The lowest BCUT2D eigenvalue weighted by atomic mass is 10.0. The number of carbonyl (C=O) groups excluding carboxylic acids is 3. The van der Waals surface area contributed by atoms with Crippen molar-refractivity contribution in [1.82, 2.24) is 20.2 Å². The first-order valence-electron chi connectivity index (χ1n) is 12.0. The Labute approximate surface area is 250 Å². The van der Waals surface area contributed by atoms with Crippen LogP contribution in [0.5, 0.6) is 0 Å². The van der Waals surface area contributed by atoms with E-state index in [1.807, 2.05) is 0 Å². The Morgan fingerprint density at radius 3 is 2.67 bits per heavy atom. The minimum absolute atomic E-state index is 0.0294. The van der Waals surface area contributed by atoms with E-state index < -0.39 is 41.3 Å². The molecule has 0 saturated carbocycles. The van der Waals surface area contributed by atoms with Crippen molar-refractivity contribution in [2.45, 2.75) is 36.0 Å². The summed E-state index contributed by atoms with van der Waals surface area (Å²) < 4.78 is 1.51. The van der Waals surface area contributed by atoms with Gasteiger partial charge in [-0.05, 0) is 24.3 Å². The number of amides is 2. The van der Waals surface area contributed by atoms with E-state index in [1.165, 1.54) is 28.6 Å². The van der Waals surface area contributed by atoms with E-state index in [2.05, 4.69) is 20.4 Å². The van der Waals surface area contributed by atoms with Crippen molar-refractivity contribution in [2.24, 2.45) is 12.2 Å². The van der Waals surface area contributed by atoms with Crippen LogP contribution < -0.4 is 37.9 Å². The lowest BCUT2D eigenvalue weighted by molar-refractivity contribution is -0.698. The van der Waals surface area contributed by atoms with Crippen molar-refractivity contribution in [2.75, 3.05) is 34.4 Å². The van der Waals surface area contributed by atoms with Crippen LogP contribution in [0.15, 0.2) is 27.0 Å². The second kappa shape index (κ2) is 12.3. The molecule has 17 nitrogen and oxygen atoms in total. The van der Waals surface area contributed by atoms with Crippen LogP contribution in [0, 0.1) is 0 Å². The molecule has 3 atom stereocenters. The zero-order chi connectivity index (χ0) is 30.9. The molecular formula is C22H26N10O7S3. The fraction of sp³-hybridized carbons (Fsp3) is 0.364. The molecule has 42 heavy (non-hydrogen) atoms. The van der Waals surface area contributed by atoms with Crippen molar-refractivity contribution in [3.8, 4) is 0 Å². The van der Waals surface area contributed by atoms with E-state index in [4.69, 9.17) is 32.9 Å². The second-order valence-corrected chi connectivity index (χ2v) is 12.0. The molecule has 2 aliphatic heterocycles. The van der Waals surface area contributed by atoms with Gasteiger partial charge in [-0.15, -0.1) is 23.1 Å². The number of hydrogen-bond donors (Lipinski definition) is 6. The van der Waals surface area contributed by atoms with E-state index in [9.17, 15) is 24.3 Å². The van der Waals surface area contributed by atoms with Crippen molar-refractivity contribution >= 4 is 86.8 Å². The minimum atomic E-state index is -1.55. The summed E-state index contributed by atoms with van der Waals surface area (Å²) in [5, 5.41) is 28.6. The highest BCUT2D eigenvalue weighted by molar-refractivity contribution is 8.01. The third-order valence-corrected chi connectivity index (χ3v) is 9.21. The molecule has 224 valence electrons. The van der Waals surface area contributed by atoms with Crippen LogP contribution in [0.1, 0.15) is 19.0 Å². The fourth-order valence-electron chi connectivity index (χ4n) is 3.95. The predicted octanol–water partition coefficient (Wildman–Crippen LogP) is -2.53. The Hall–Kier alpha value is -4.30. The summed E-state index contributed by atoms with van der Waals surface area (Å²) in [6.07, 6.45) is -1.25. The van der Waals surface area contributed by atoms with E-state index in [0.29, 0.717) is 10.7 Å². The maximum Gasteiger partial charge on any atom is 0.307 e. The van der Waals surface area contributed by atoms with Gasteiger partial charge in [-0.25, -0.2) is 9.55 Å². The number of carbonyl (C=O) groups is 4. The molecule has 4 heterocycles. The minimum Gasteiger partial charge on any atom is -0.543 e. The summed E-state index contributed by atoms with van der Waals surface area (Å²) in [7, 11) is 1.63. The first kappa shape index (κ1) is 30.7. The van der Waals surface area contributed by atoms with E-state index in [1.54, 1.807) is 7.05 Å². The average Bonchev–Trinajstić information content (AvgIpc) is 3.36. The number of nitrogens with two attached hydrogens (primary N) is 4. The summed E-state index contributed by atoms with van der Waals surface area (Å²) in [5.41, 5.74) is 23.2. The van der Waals surface area contributed by atoms with Gasteiger partial charge in [-0.1, -0.05) is 10.1 Å². The number of aromatic nitrogens is 3. The van der Waals surface area contributed by atoms with Gasteiger partial charge in [0.2, 0.25) is 11.6 Å². The molecule has 0 radical (unpaired) electrons. The van der Waals surface area contributed by atoms with Crippen molar-refractivity contribution in [3.05, 3.63) is 22.3 Å². The van der Waals surface area contributed by atoms with Gasteiger partial charge >= 0.3 is 11.1 Å². The number of nitrogen functional groups attached to an aromatic ring is 4. The van der Waals surface area contributed by atoms with E-state index in [-0.39, 0.29) is 57.5 Å². The number of fused-ring (bicyclic) bond motifs is 1. The number of nitrogens with zero attached hydrogens (tertiary/aromatic N) is 5. The topological polar surface area (TPSA) is 282 Å². The molecule has 10 N–H and O–H groups in total. The van der Waals surface area contributed by atoms with Crippen LogP contribution in [0.25, 0.3) is 0 Å². The van der Waals surface area contributed by atoms with Crippen LogP contribution in [-0.2, 0) is 31.1 Å². The number of nitrogens with one attached hydrogen (secondary N) is 1. The molecule has 0 spiro atoms. The third kappa shape index (κ3) is 6.14. The number of aliphatic carboxylic acids is 2. The highest BCUT2D eigenvalue weighted by atomic mass is 32.2. The Bertz CT molecular complexity index is 1530. The number of β-lactam (4-membered cyclic amide) rings is 1. The molecule has 1 fully saturated rings. The number of anilines is 4. The Kier molecular flexibility index (Phi) is 8.97. The summed E-state index contributed by atoms with van der Waals surface area (Å²) >= 11 is 3.43. The monoisotopic (exact) mass is 638 g/mol. The zero-order valence-corrected chi connectivity index (χ0v) is 24.5. The Balaban J connectivity index is 1.51. The largest absolute Gasteiger partial charge is 0.543 e. The molecule has 0 aliphatic carbocycles. The quantitative estimate of drug-likeness (QED) is 0.0369. The summed E-state index contributed by atoms with van der Waals surface area (Å²) in [5.74, 6) is -3.65. The van der Waals surface area contributed by atoms with Crippen LogP contribution in [0.2, 0.25) is 0 Å². The summed E-state index contributed by atoms with van der Waals surface area (Å²) in [4.78, 5) is 63.8. The highest BCUT2D eigenvalue weighted by Crippen LogP contribution is 2.41. The molecule has 20 heteroatoms. The van der Waals surface area contributed by atoms with Gasteiger partial charge in [0, 0.05) is 16.9 Å². The number of rotatable bonds is 11. The highest BCUT2D eigenvalue weighted by Gasteiger charge is 2.53. The SMILES string of the molecule is CC(CC(=O)O)O/N=C(\C(=O)NC1C(=O)N2C(C(=O)[O-])=C(CSc3nc(N)c(N)c(N)[n+]3C)CS[C@H]12)c1csc(N)n1. The van der Waals surface area contributed by atoms with Crippen LogP contribution in [0.4, 0.5) is 22.5 Å². The maximum absolute atomic E-state index is 13.2. The van der Waals surface area contributed by atoms with E-state index in [0.717, 1.165) is 28.0 Å². The molecule has 1 saturated heterocycles. The molecule has 0 bridgehead atoms. The molecule has 2 aromatic rings. The summed E-state index contributed by atoms with van der Waals surface area (Å²) in [6, 6.07) is -1.10. The van der Waals surface area contributed by atoms with Crippen molar-refractivity contribution in [3.63, 3.8) is 0 Å². The van der Waals surface area contributed by atoms with Crippen molar-refractivity contribution in [1.29, 1.82) is 0 Å². The van der Waals surface area contributed by atoms with Crippen LogP contribution >= 0.6 is 34.9 Å².